The van der Waals surface area contributed by atoms with Crippen LogP contribution in [0.25, 0.3) is 0 Å². The Bertz CT molecular complexity index is 351. The van der Waals surface area contributed by atoms with E-state index in [-0.39, 0.29) is 0 Å². The zero-order valence-electron chi connectivity index (χ0n) is 10.3. The maximum Gasteiger partial charge on any atom is -0.00750 e. The summed E-state index contributed by atoms with van der Waals surface area (Å²) in [6.45, 7) is 6.98. The predicted molar refractivity (Wildman–Crippen MR) is 66.4 cm³/mol. The van der Waals surface area contributed by atoms with Gasteiger partial charge >= 0.3 is 0 Å². The molecule has 0 nitrogen and oxygen atoms in total. The van der Waals surface area contributed by atoms with Crippen molar-refractivity contribution in [3.05, 3.63) is 34.9 Å². The van der Waals surface area contributed by atoms with Crippen molar-refractivity contribution in [1.29, 1.82) is 0 Å². The van der Waals surface area contributed by atoms with Gasteiger partial charge in [0.1, 0.15) is 0 Å². The fraction of sp³-hybridized carbons (Fsp3) is 0.600. The molecule has 0 heterocycles. The highest BCUT2D eigenvalue weighted by Crippen LogP contribution is 2.38. The van der Waals surface area contributed by atoms with Crippen LogP contribution in [0.15, 0.2) is 18.2 Å². The van der Waals surface area contributed by atoms with Crippen molar-refractivity contribution >= 4 is 0 Å². The van der Waals surface area contributed by atoms with Gasteiger partial charge in [0.05, 0.1) is 0 Å². The lowest BCUT2D eigenvalue weighted by Gasteiger charge is -2.29. The normalized spacial score (nSPS) is 25.8. The van der Waals surface area contributed by atoms with E-state index in [0.717, 1.165) is 0 Å². The Morgan fingerprint density at radius 3 is 2.80 bits per heavy atom. The molecule has 0 aliphatic heterocycles. The molecular weight excluding hydrogens is 180 g/mol. The van der Waals surface area contributed by atoms with E-state index in [9.17, 15) is 0 Å². The maximum absolute atomic E-state index is 2.44. The van der Waals surface area contributed by atoms with Crippen molar-refractivity contribution < 1.29 is 0 Å². The lowest BCUT2D eigenvalue weighted by atomic mass is 9.75. The molecule has 82 valence electrons. The first-order valence-corrected chi connectivity index (χ1v) is 6.26. The molecule has 1 aliphatic carbocycles. The van der Waals surface area contributed by atoms with Gasteiger partial charge in [-0.15, -0.1) is 0 Å². The number of benzene rings is 1. The van der Waals surface area contributed by atoms with E-state index in [2.05, 4.69) is 39.0 Å². The van der Waals surface area contributed by atoms with Crippen LogP contribution in [0.4, 0.5) is 0 Å². The highest BCUT2D eigenvalue weighted by Gasteiger charge is 2.28. The lowest BCUT2D eigenvalue weighted by molar-refractivity contribution is 0.411. The van der Waals surface area contributed by atoms with Gasteiger partial charge in [0.2, 0.25) is 0 Å². The van der Waals surface area contributed by atoms with Crippen molar-refractivity contribution in [2.75, 3.05) is 0 Å². The second kappa shape index (κ2) is 4.00. The van der Waals surface area contributed by atoms with E-state index >= 15 is 0 Å². The summed E-state index contributed by atoms with van der Waals surface area (Å²) in [7, 11) is 0. The first kappa shape index (κ1) is 10.7. The molecule has 0 saturated heterocycles. The Balaban J connectivity index is 2.52. The third-order valence-electron chi connectivity index (χ3n) is 4.12. The van der Waals surface area contributed by atoms with Crippen LogP contribution in [0.5, 0.6) is 0 Å². The molecule has 2 rings (SSSR count). The summed E-state index contributed by atoms with van der Waals surface area (Å²) < 4.78 is 0. The minimum atomic E-state index is 0.428. The Labute approximate surface area is 93.7 Å². The summed E-state index contributed by atoms with van der Waals surface area (Å²) >= 11 is 0. The molecule has 1 aromatic carbocycles. The molecule has 0 fully saturated rings. The van der Waals surface area contributed by atoms with Gasteiger partial charge in [-0.2, -0.15) is 0 Å². The van der Waals surface area contributed by atoms with Crippen molar-refractivity contribution in [1.82, 2.24) is 0 Å². The SMILES string of the molecule is CCC1(C)CCCCc2ccc(C)cc21. The standard InChI is InChI=1S/C15H22/c1-4-15(3)10-6-5-7-13-9-8-12(2)11-14(13)15/h8-9,11H,4-7,10H2,1-3H3. The summed E-state index contributed by atoms with van der Waals surface area (Å²) in [5.74, 6) is 0. The number of hydrogen-bond acceptors (Lipinski definition) is 0. The monoisotopic (exact) mass is 202 g/mol. The van der Waals surface area contributed by atoms with E-state index < -0.39 is 0 Å². The van der Waals surface area contributed by atoms with Gasteiger partial charge in [-0.1, -0.05) is 44.0 Å². The van der Waals surface area contributed by atoms with Crippen molar-refractivity contribution in [2.45, 2.75) is 58.3 Å². The molecule has 1 unspecified atom stereocenters. The number of aryl methyl sites for hydroxylation is 2. The highest BCUT2D eigenvalue weighted by atomic mass is 14.3. The zero-order chi connectivity index (χ0) is 10.9. The molecule has 0 aromatic heterocycles. The molecule has 1 aromatic rings. The molecule has 1 atom stereocenters. The van der Waals surface area contributed by atoms with Gasteiger partial charge in [-0.25, -0.2) is 0 Å². The van der Waals surface area contributed by atoms with Crippen LogP contribution in [0.1, 0.15) is 56.2 Å². The average Bonchev–Trinajstić information content (AvgIpc) is 2.40. The Morgan fingerprint density at radius 1 is 1.27 bits per heavy atom. The Hall–Kier alpha value is -0.780. The fourth-order valence-electron chi connectivity index (χ4n) is 2.80. The predicted octanol–water partition coefficient (Wildman–Crippen LogP) is 4.39. The number of fused-ring (bicyclic) bond motifs is 1. The van der Waals surface area contributed by atoms with Gasteiger partial charge in [0.25, 0.3) is 0 Å². The topological polar surface area (TPSA) is 0 Å². The molecule has 0 spiro atoms. The first-order chi connectivity index (χ1) is 7.15. The number of hydrogen-bond donors (Lipinski definition) is 0. The molecular formula is C15H22. The smallest absolute Gasteiger partial charge is 0.00750 e. The third-order valence-corrected chi connectivity index (χ3v) is 4.12. The lowest BCUT2D eigenvalue weighted by Crippen LogP contribution is -2.21. The second-order valence-electron chi connectivity index (χ2n) is 5.28. The van der Waals surface area contributed by atoms with Crippen LogP contribution in [0.3, 0.4) is 0 Å². The van der Waals surface area contributed by atoms with E-state index in [4.69, 9.17) is 0 Å². The van der Waals surface area contributed by atoms with Gasteiger partial charge in [0.15, 0.2) is 0 Å². The molecule has 0 radical (unpaired) electrons. The molecule has 0 bridgehead atoms. The van der Waals surface area contributed by atoms with Crippen LogP contribution >= 0.6 is 0 Å². The summed E-state index contributed by atoms with van der Waals surface area (Å²) in [4.78, 5) is 0. The van der Waals surface area contributed by atoms with E-state index in [1.54, 1.807) is 11.1 Å². The summed E-state index contributed by atoms with van der Waals surface area (Å²) in [5, 5.41) is 0. The third kappa shape index (κ3) is 1.95. The molecule has 0 amide bonds. The largest absolute Gasteiger partial charge is 0.0645 e. The minimum absolute atomic E-state index is 0.428. The molecule has 15 heavy (non-hydrogen) atoms. The van der Waals surface area contributed by atoms with Crippen LogP contribution in [-0.4, -0.2) is 0 Å². The van der Waals surface area contributed by atoms with Crippen LogP contribution < -0.4 is 0 Å². The first-order valence-electron chi connectivity index (χ1n) is 6.26. The Kier molecular flexibility index (Phi) is 2.86. The highest BCUT2D eigenvalue weighted by molar-refractivity contribution is 5.38. The van der Waals surface area contributed by atoms with Crippen LogP contribution in [0.2, 0.25) is 0 Å². The fourth-order valence-corrected chi connectivity index (χ4v) is 2.80. The summed E-state index contributed by atoms with van der Waals surface area (Å²) in [5.41, 5.74) is 5.07. The maximum atomic E-state index is 2.44. The van der Waals surface area contributed by atoms with Gasteiger partial charge < -0.3 is 0 Å². The molecule has 0 heteroatoms. The van der Waals surface area contributed by atoms with Crippen molar-refractivity contribution in [3.63, 3.8) is 0 Å². The van der Waals surface area contributed by atoms with Gasteiger partial charge in [0, 0.05) is 0 Å². The minimum Gasteiger partial charge on any atom is -0.0645 e. The van der Waals surface area contributed by atoms with Crippen LogP contribution in [-0.2, 0) is 11.8 Å². The molecule has 0 saturated carbocycles. The second-order valence-corrected chi connectivity index (χ2v) is 5.28. The van der Waals surface area contributed by atoms with E-state index in [1.165, 1.54) is 37.7 Å². The number of rotatable bonds is 1. The summed E-state index contributed by atoms with van der Waals surface area (Å²) in [6, 6.07) is 7.04. The van der Waals surface area contributed by atoms with Crippen molar-refractivity contribution in [2.24, 2.45) is 0 Å². The van der Waals surface area contributed by atoms with Crippen molar-refractivity contribution in [3.8, 4) is 0 Å². The average molecular weight is 202 g/mol. The van der Waals surface area contributed by atoms with E-state index in [0.29, 0.717) is 5.41 Å². The molecule has 1 aliphatic rings. The zero-order valence-corrected chi connectivity index (χ0v) is 10.3. The molecule has 0 N–H and O–H groups in total. The van der Waals surface area contributed by atoms with Crippen LogP contribution in [0, 0.1) is 6.92 Å². The van der Waals surface area contributed by atoms with Gasteiger partial charge in [-0.3, -0.25) is 0 Å². The van der Waals surface area contributed by atoms with E-state index in [1.807, 2.05) is 0 Å². The van der Waals surface area contributed by atoms with Gasteiger partial charge in [-0.05, 0) is 49.1 Å². The summed E-state index contributed by atoms with van der Waals surface area (Å²) in [6.07, 6.45) is 6.67. The Morgan fingerprint density at radius 2 is 2.07 bits per heavy atom. The quantitative estimate of drug-likeness (QED) is 0.592.